The summed E-state index contributed by atoms with van der Waals surface area (Å²) in [6.45, 7) is 15.5. The maximum absolute atomic E-state index is 5.95. The number of rotatable bonds is 4. The van der Waals surface area contributed by atoms with E-state index in [1.54, 1.807) is 12.2 Å². The molecule has 1 heterocycles. The number of hydrogen-bond acceptors (Lipinski definition) is 2. The lowest BCUT2D eigenvalue weighted by Crippen LogP contribution is -2.41. The zero-order valence-electron chi connectivity index (χ0n) is 11.2. The molecule has 1 fully saturated rings. The molecule has 1 aliphatic heterocycles. The van der Waals surface area contributed by atoms with Gasteiger partial charge in [0.05, 0.1) is 11.2 Å². The first kappa shape index (κ1) is 14.0. The van der Waals surface area contributed by atoms with Gasteiger partial charge in [-0.1, -0.05) is 43.5 Å². The molecule has 0 N–H and O–H groups in total. The molecule has 0 aromatic carbocycles. The third-order valence-electron chi connectivity index (χ3n) is 3.26. The van der Waals surface area contributed by atoms with Gasteiger partial charge < -0.3 is 9.31 Å². The van der Waals surface area contributed by atoms with Crippen LogP contribution in [0.1, 0.15) is 27.7 Å². The standard InChI is InChI=1S/C14H21BO2/c1-7-9-11-12(10-8-2)15-16-13(3,4)14(5,6)17-15/h7-11H,1-2H2,3-6H3. The normalized spacial score (nSPS) is 23.1. The van der Waals surface area contributed by atoms with Gasteiger partial charge in [-0.3, -0.25) is 0 Å². The Hall–Kier alpha value is -1.06. The second-order valence-corrected chi connectivity index (χ2v) is 5.09. The van der Waals surface area contributed by atoms with Crippen LogP contribution in [-0.4, -0.2) is 18.3 Å². The van der Waals surface area contributed by atoms with E-state index in [2.05, 4.69) is 13.2 Å². The SMILES string of the molecule is C=CC=CC(=CC=C)B1OC(C)(C)C(C)(C)O1. The van der Waals surface area contributed by atoms with E-state index in [1.807, 2.05) is 45.9 Å². The molecular formula is C14H21BO2. The van der Waals surface area contributed by atoms with E-state index in [1.165, 1.54) is 0 Å². The molecule has 0 saturated carbocycles. The summed E-state index contributed by atoms with van der Waals surface area (Å²) in [5.41, 5.74) is 0.304. The molecule has 0 radical (unpaired) electrons. The monoisotopic (exact) mass is 232 g/mol. The molecule has 2 nitrogen and oxygen atoms in total. The first-order valence-corrected chi connectivity index (χ1v) is 5.81. The minimum Gasteiger partial charge on any atom is -0.399 e. The predicted molar refractivity (Wildman–Crippen MR) is 73.7 cm³/mol. The molecule has 0 atom stereocenters. The van der Waals surface area contributed by atoms with Crippen LogP contribution in [-0.2, 0) is 9.31 Å². The van der Waals surface area contributed by atoms with Crippen molar-refractivity contribution in [3.8, 4) is 0 Å². The molecule has 0 aliphatic carbocycles. The summed E-state index contributed by atoms with van der Waals surface area (Å²) in [5.74, 6) is 0. The van der Waals surface area contributed by atoms with Crippen molar-refractivity contribution in [3.05, 3.63) is 49.0 Å². The summed E-state index contributed by atoms with van der Waals surface area (Å²) in [5, 5.41) is 0. The lowest BCUT2D eigenvalue weighted by atomic mass is 9.77. The Morgan fingerprint density at radius 2 is 1.53 bits per heavy atom. The summed E-state index contributed by atoms with van der Waals surface area (Å²) in [7, 11) is -0.353. The van der Waals surface area contributed by atoms with Gasteiger partial charge in [0.25, 0.3) is 0 Å². The zero-order chi connectivity index (χ0) is 13.1. The van der Waals surface area contributed by atoms with Gasteiger partial charge in [0, 0.05) is 0 Å². The molecule has 17 heavy (non-hydrogen) atoms. The molecular weight excluding hydrogens is 211 g/mol. The van der Waals surface area contributed by atoms with Gasteiger partial charge >= 0.3 is 7.12 Å². The summed E-state index contributed by atoms with van der Waals surface area (Å²) in [6, 6.07) is 0. The minimum atomic E-state index is -0.353. The fourth-order valence-corrected chi connectivity index (χ4v) is 1.51. The van der Waals surface area contributed by atoms with Crippen molar-refractivity contribution in [2.24, 2.45) is 0 Å². The van der Waals surface area contributed by atoms with E-state index < -0.39 is 0 Å². The Kier molecular flexibility index (Phi) is 4.18. The van der Waals surface area contributed by atoms with Gasteiger partial charge in [0.1, 0.15) is 0 Å². The lowest BCUT2D eigenvalue weighted by Gasteiger charge is -2.32. The number of hydrogen-bond donors (Lipinski definition) is 0. The molecule has 92 valence electrons. The molecule has 1 aliphatic rings. The molecule has 0 unspecified atom stereocenters. The van der Waals surface area contributed by atoms with Crippen LogP contribution in [0.4, 0.5) is 0 Å². The van der Waals surface area contributed by atoms with Crippen LogP contribution in [0.3, 0.4) is 0 Å². The highest BCUT2D eigenvalue weighted by molar-refractivity contribution is 6.55. The lowest BCUT2D eigenvalue weighted by molar-refractivity contribution is 0.00578. The quantitative estimate of drug-likeness (QED) is 0.545. The van der Waals surface area contributed by atoms with Crippen LogP contribution in [0.2, 0.25) is 0 Å². The molecule has 0 aromatic rings. The summed E-state index contributed by atoms with van der Waals surface area (Å²) in [4.78, 5) is 0. The summed E-state index contributed by atoms with van der Waals surface area (Å²) < 4.78 is 11.9. The van der Waals surface area contributed by atoms with Crippen molar-refractivity contribution in [1.82, 2.24) is 0 Å². The highest BCUT2D eigenvalue weighted by Gasteiger charge is 2.51. The molecule has 1 rings (SSSR count). The van der Waals surface area contributed by atoms with Gasteiger partial charge in [0.15, 0.2) is 0 Å². The Bertz CT molecular complexity index is 348. The molecule has 0 spiro atoms. The van der Waals surface area contributed by atoms with Crippen LogP contribution in [0.5, 0.6) is 0 Å². The Morgan fingerprint density at radius 1 is 1.00 bits per heavy atom. The largest absolute Gasteiger partial charge is 0.494 e. The van der Waals surface area contributed by atoms with E-state index in [9.17, 15) is 0 Å². The van der Waals surface area contributed by atoms with Crippen molar-refractivity contribution in [3.63, 3.8) is 0 Å². The van der Waals surface area contributed by atoms with Gasteiger partial charge in [-0.15, -0.1) is 0 Å². The van der Waals surface area contributed by atoms with Crippen molar-refractivity contribution >= 4 is 7.12 Å². The van der Waals surface area contributed by atoms with Crippen LogP contribution >= 0.6 is 0 Å². The van der Waals surface area contributed by atoms with Gasteiger partial charge in [-0.25, -0.2) is 0 Å². The highest BCUT2D eigenvalue weighted by Crippen LogP contribution is 2.38. The smallest absolute Gasteiger partial charge is 0.399 e. The minimum absolute atomic E-state index is 0.319. The van der Waals surface area contributed by atoms with Crippen LogP contribution in [0.25, 0.3) is 0 Å². The van der Waals surface area contributed by atoms with Crippen LogP contribution in [0, 0.1) is 0 Å². The zero-order valence-corrected chi connectivity index (χ0v) is 11.2. The molecule has 1 saturated heterocycles. The molecule has 3 heteroatoms. The van der Waals surface area contributed by atoms with Crippen molar-refractivity contribution in [2.75, 3.05) is 0 Å². The maximum Gasteiger partial charge on any atom is 0.494 e. The van der Waals surface area contributed by atoms with E-state index in [0.717, 1.165) is 5.47 Å². The first-order chi connectivity index (χ1) is 7.84. The highest BCUT2D eigenvalue weighted by atomic mass is 16.7. The molecule has 0 bridgehead atoms. The summed E-state index contributed by atoms with van der Waals surface area (Å²) >= 11 is 0. The van der Waals surface area contributed by atoms with E-state index in [4.69, 9.17) is 9.31 Å². The van der Waals surface area contributed by atoms with Crippen molar-refractivity contribution < 1.29 is 9.31 Å². The maximum atomic E-state index is 5.95. The molecule has 0 amide bonds. The third-order valence-corrected chi connectivity index (χ3v) is 3.26. The predicted octanol–water partition coefficient (Wildman–Crippen LogP) is 3.47. The topological polar surface area (TPSA) is 18.5 Å². The van der Waals surface area contributed by atoms with Gasteiger partial charge in [0.2, 0.25) is 0 Å². The first-order valence-electron chi connectivity index (χ1n) is 5.81. The van der Waals surface area contributed by atoms with Gasteiger partial charge in [-0.05, 0) is 33.2 Å². The third kappa shape index (κ3) is 2.99. The Morgan fingerprint density at radius 3 is 1.94 bits per heavy atom. The summed E-state index contributed by atoms with van der Waals surface area (Å²) in [6.07, 6.45) is 9.13. The Balaban J connectivity index is 2.94. The fourth-order valence-electron chi connectivity index (χ4n) is 1.51. The van der Waals surface area contributed by atoms with Crippen LogP contribution < -0.4 is 0 Å². The fraction of sp³-hybridized carbons (Fsp3) is 0.429. The average Bonchev–Trinajstić information content (AvgIpc) is 2.43. The molecule has 0 aromatic heterocycles. The second kappa shape index (κ2) is 5.07. The van der Waals surface area contributed by atoms with Gasteiger partial charge in [-0.2, -0.15) is 0 Å². The Labute approximate surface area is 105 Å². The van der Waals surface area contributed by atoms with Crippen molar-refractivity contribution in [2.45, 2.75) is 38.9 Å². The van der Waals surface area contributed by atoms with E-state index in [-0.39, 0.29) is 18.3 Å². The second-order valence-electron chi connectivity index (χ2n) is 5.09. The van der Waals surface area contributed by atoms with E-state index >= 15 is 0 Å². The average molecular weight is 232 g/mol. The number of allylic oxidation sites excluding steroid dienone is 6. The van der Waals surface area contributed by atoms with Crippen LogP contribution in [0.15, 0.2) is 49.0 Å². The van der Waals surface area contributed by atoms with E-state index in [0.29, 0.717) is 0 Å². The van der Waals surface area contributed by atoms with Crippen molar-refractivity contribution in [1.29, 1.82) is 0 Å².